The van der Waals surface area contributed by atoms with Crippen molar-refractivity contribution >= 4 is 5.91 Å². The number of carbonyl (C=O) groups is 1. The van der Waals surface area contributed by atoms with Gasteiger partial charge in [0.2, 0.25) is 0 Å². The molecule has 1 aromatic carbocycles. The first-order chi connectivity index (χ1) is 10.2. The van der Waals surface area contributed by atoms with E-state index in [9.17, 15) is 4.79 Å². The van der Waals surface area contributed by atoms with E-state index in [1.807, 2.05) is 37.3 Å². The van der Waals surface area contributed by atoms with Crippen LogP contribution in [-0.4, -0.2) is 17.5 Å². The van der Waals surface area contributed by atoms with Gasteiger partial charge in [-0.25, -0.2) is 0 Å². The molecule has 2 rings (SSSR count). The Hall–Kier alpha value is -2.40. The first kappa shape index (κ1) is 15.0. The van der Waals surface area contributed by atoms with Crippen molar-refractivity contribution in [2.45, 2.75) is 20.0 Å². The van der Waals surface area contributed by atoms with E-state index in [2.05, 4.69) is 10.3 Å². The molecule has 2 aromatic rings. The van der Waals surface area contributed by atoms with E-state index in [1.165, 1.54) is 0 Å². The molecular formula is C16H19N3O2. The molecule has 0 fully saturated rings. The average Bonchev–Trinajstić information content (AvgIpc) is 2.52. The van der Waals surface area contributed by atoms with Crippen molar-refractivity contribution in [3.63, 3.8) is 0 Å². The number of benzene rings is 1. The fraction of sp³-hybridized carbons (Fsp3) is 0.250. The van der Waals surface area contributed by atoms with Crippen LogP contribution in [0.2, 0.25) is 0 Å². The number of carbonyl (C=O) groups excluding carboxylic acids is 1. The Bertz CT molecular complexity index is 614. The molecule has 0 radical (unpaired) electrons. The number of aryl methyl sites for hydroxylation is 1. The van der Waals surface area contributed by atoms with Gasteiger partial charge in [0.1, 0.15) is 5.75 Å². The van der Waals surface area contributed by atoms with Gasteiger partial charge in [0.15, 0.2) is 6.61 Å². The molecular weight excluding hydrogens is 266 g/mol. The highest BCUT2D eigenvalue weighted by Gasteiger charge is 2.06. The van der Waals surface area contributed by atoms with Crippen LogP contribution in [0.15, 0.2) is 42.6 Å². The van der Waals surface area contributed by atoms with Crippen LogP contribution in [-0.2, 0) is 17.9 Å². The van der Waals surface area contributed by atoms with Gasteiger partial charge in [-0.05, 0) is 24.6 Å². The third-order valence-electron chi connectivity index (χ3n) is 3.12. The van der Waals surface area contributed by atoms with Crippen LogP contribution in [0, 0.1) is 6.92 Å². The Labute approximate surface area is 124 Å². The van der Waals surface area contributed by atoms with Gasteiger partial charge in [-0.15, -0.1) is 0 Å². The molecule has 21 heavy (non-hydrogen) atoms. The van der Waals surface area contributed by atoms with Crippen LogP contribution in [0.4, 0.5) is 0 Å². The van der Waals surface area contributed by atoms with Gasteiger partial charge in [0.05, 0.1) is 12.2 Å². The lowest BCUT2D eigenvalue weighted by molar-refractivity contribution is -0.123. The highest BCUT2D eigenvalue weighted by Crippen LogP contribution is 2.16. The molecule has 5 nitrogen and oxygen atoms in total. The summed E-state index contributed by atoms with van der Waals surface area (Å²) in [6, 6.07) is 11.3. The Kier molecular flexibility index (Phi) is 5.29. The molecule has 1 heterocycles. The highest BCUT2D eigenvalue weighted by molar-refractivity contribution is 5.77. The monoisotopic (exact) mass is 285 g/mol. The molecule has 0 aliphatic heterocycles. The molecule has 0 aliphatic carbocycles. The normalized spacial score (nSPS) is 10.2. The highest BCUT2D eigenvalue weighted by atomic mass is 16.5. The van der Waals surface area contributed by atoms with Crippen LogP contribution in [0.25, 0.3) is 0 Å². The number of nitrogens with one attached hydrogen (secondary N) is 1. The second kappa shape index (κ2) is 7.40. The van der Waals surface area contributed by atoms with Gasteiger partial charge in [0, 0.05) is 18.3 Å². The lowest BCUT2D eigenvalue weighted by atomic mass is 10.2. The summed E-state index contributed by atoms with van der Waals surface area (Å²) in [7, 11) is 0. The van der Waals surface area contributed by atoms with Crippen molar-refractivity contribution in [1.29, 1.82) is 0 Å². The second-order valence-electron chi connectivity index (χ2n) is 4.64. The molecule has 0 unspecified atom stereocenters. The number of hydrogen-bond donors (Lipinski definition) is 2. The molecule has 0 saturated carbocycles. The number of hydrogen-bond acceptors (Lipinski definition) is 4. The Morgan fingerprint density at radius 2 is 2.10 bits per heavy atom. The zero-order valence-corrected chi connectivity index (χ0v) is 12.0. The molecule has 0 aliphatic rings. The number of nitrogens with zero attached hydrogens (tertiary/aromatic N) is 1. The predicted molar refractivity (Wildman–Crippen MR) is 80.6 cm³/mol. The average molecular weight is 285 g/mol. The van der Waals surface area contributed by atoms with E-state index in [-0.39, 0.29) is 12.5 Å². The molecule has 1 amide bonds. The maximum Gasteiger partial charge on any atom is 0.258 e. The van der Waals surface area contributed by atoms with Crippen molar-refractivity contribution in [1.82, 2.24) is 10.3 Å². The van der Waals surface area contributed by atoms with Crippen molar-refractivity contribution in [2.75, 3.05) is 6.61 Å². The molecule has 110 valence electrons. The first-order valence-electron chi connectivity index (χ1n) is 6.78. The summed E-state index contributed by atoms with van der Waals surface area (Å²) in [5.74, 6) is 0.455. The van der Waals surface area contributed by atoms with Gasteiger partial charge in [0.25, 0.3) is 5.91 Å². The van der Waals surface area contributed by atoms with Crippen molar-refractivity contribution in [3.8, 4) is 5.75 Å². The topological polar surface area (TPSA) is 77.2 Å². The minimum atomic E-state index is -0.188. The number of amides is 1. The van der Waals surface area contributed by atoms with Gasteiger partial charge in [-0.1, -0.05) is 24.3 Å². The third-order valence-corrected chi connectivity index (χ3v) is 3.12. The van der Waals surface area contributed by atoms with Crippen LogP contribution in [0.1, 0.15) is 16.8 Å². The van der Waals surface area contributed by atoms with Crippen LogP contribution >= 0.6 is 0 Å². The molecule has 3 N–H and O–H groups in total. The van der Waals surface area contributed by atoms with Gasteiger partial charge >= 0.3 is 0 Å². The quantitative estimate of drug-likeness (QED) is 0.844. The SMILES string of the molecule is Cc1cccnc1CNC(=O)COc1ccccc1CN. The summed E-state index contributed by atoms with van der Waals surface area (Å²) >= 11 is 0. The summed E-state index contributed by atoms with van der Waals surface area (Å²) in [6.07, 6.45) is 1.71. The molecule has 0 saturated heterocycles. The number of ether oxygens (including phenoxy) is 1. The largest absolute Gasteiger partial charge is 0.483 e. The third kappa shape index (κ3) is 4.29. The molecule has 0 bridgehead atoms. The van der Waals surface area contributed by atoms with E-state index in [0.29, 0.717) is 18.8 Å². The Morgan fingerprint density at radius 1 is 1.29 bits per heavy atom. The van der Waals surface area contributed by atoms with E-state index in [4.69, 9.17) is 10.5 Å². The smallest absolute Gasteiger partial charge is 0.258 e. The lowest BCUT2D eigenvalue weighted by Crippen LogP contribution is -2.29. The molecule has 0 spiro atoms. The number of aromatic nitrogens is 1. The Balaban J connectivity index is 1.84. The van der Waals surface area contributed by atoms with Crippen LogP contribution in [0.5, 0.6) is 5.75 Å². The van der Waals surface area contributed by atoms with Crippen molar-refractivity contribution in [3.05, 3.63) is 59.4 Å². The van der Waals surface area contributed by atoms with Gasteiger partial charge in [-0.3, -0.25) is 9.78 Å². The summed E-state index contributed by atoms with van der Waals surface area (Å²) in [5, 5.41) is 2.79. The fourth-order valence-electron chi connectivity index (χ4n) is 1.89. The van der Waals surface area contributed by atoms with E-state index < -0.39 is 0 Å². The zero-order chi connectivity index (χ0) is 15.1. The van der Waals surface area contributed by atoms with Gasteiger partial charge < -0.3 is 15.8 Å². The van der Waals surface area contributed by atoms with E-state index in [0.717, 1.165) is 16.8 Å². The van der Waals surface area contributed by atoms with Crippen molar-refractivity contribution < 1.29 is 9.53 Å². The maximum atomic E-state index is 11.8. The molecule has 1 aromatic heterocycles. The zero-order valence-electron chi connectivity index (χ0n) is 12.0. The summed E-state index contributed by atoms with van der Waals surface area (Å²) in [4.78, 5) is 16.0. The molecule has 0 atom stereocenters. The second-order valence-corrected chi connectivity index (χ2v) is 4.64. The fourth-order valence-corrected chi connectivity index (χ4v) is 1.89. The number of pyridine rings is 1. The van der Waals surface area contributed by atoms with E-state index >= 15 is 0 Å². The maximum absolute atomic E-state index is 11.8. The van der Waals surface area contributed by atoms with Crippen molar-refractivity contribution in [2.24, 2.45) is 5.73 Å². The summed E-state index contributed by atoms with van der Waals surface area (Å²) in [6.45, 7) is 2.70. The Morgan fingerprint density at radius 3 is 2.86 bits per heavy atom. The molecule has 5 heteroatoms. The number of nitrogens with two attached hydrogens (primary N) is 1. The lowest BCUT2D eigenvalue weighted by Gasteiger charge is -2.10. The van der Waals surface area contributed by atoms with Crippen LogP contribution < -0.4 is 15.8 Å². The number of para-hydroxylation sites is 1. The predicted octanol–water partition coefficient (Wildman–Crippen LogP) is 1.54. The minimum Gasteiger partial charge on any atom is -0.483 e. The standard InChI is InChI=1S/C16H19N3O2/c1-12-5-4-8-18-14(12)10-19-16(20)11-21-15-7-3-2-6-13(15)9-17/h2-8H,9-11,17H2,1H3,(H,19,20). The van der Waals surface area contributed by atoms with Gasteiger partial charge in [-0.2, -0.15) is 0 Å². The van der Waals surface area contributed by atoms with E-state index in [1.54, 1.807) is 12.3 Å². The minimum absolute atomic E-state index is 0.0388. The number of rotatable bonds is 6. The first-order valence-corrected chi connectivity index (χ1v) is 6.78. The summed E-state index contributed by atoms with van der Waals surface area (Å²) in [5.41, 5.74) is 8.40. The summed E-state index contributed by atoms with van der Waals surface area (Å²) < 4.78 is 5.50. The van der Waals surface area contributed by atoms with Crippen LogP contribution in [0.3, 0.4) is 0 Å².